The molecule has 0 aliphatic carbocycles. The highest BCUT2D eigenvalue weighted by Gasteiger charge is 2.33. The molecule has 0 radical (unpaired) electrons. The van der Waals surface area contributed by atoms with Crippen molar-refractivity contribution in [2.45, 2.75) is 27.4 Å². The number of amidine groups is 1. The number of amides is 1. The maximum Gasteiger partial charge on any atom is 0.266 e. The summed E-state index contributed by atoms with van der Waals surface area (Å²) >= 11 is 4.87. The van der Waals surface area contributed by atoms with Crippen molar-refractivity contribution in [3.05, 3.63) is 98.9 Å². The third kappa shape index (κ3) is 6.39. The monoisotopic (exact) mass is 534 g/mol. The van der Waals surface area contributed by atoms with Crippen LogP contribution < -0.4 is 4.74 Å². The molecule has 3 aromatic rings. The van der Waals surface area contributed by atoms with Gasteiger partial charge in [-0.1, -0.05) is 71.7 Å². The fraction of sp³-hybridized carbons (Fsp3) is 0.214. The number of carbonyl (C=O) groups is 1. The molecule has 3 aromatic carbocycles. The lowest BCUT2D eigenvalue weighted by molar-refractivity contribution is -0.122. The van der Waals surface area contributed by atoms with Gasteiger partial charge in [0.25, 0.3) is 5.91 Å². The number of carbonyl (C=O) groups excluding carboxylic acids is 1. The van der Waals surface area contributed by atoms with E-state index in [1.807, 2.05) is 85.8 Å². The number of hydrogen-bond acceptors (Lipinski definition) is 4. The number of halogens is 1. The second kappa shape index (κ2) is 11.1. The average Bonchev–Trinajstić information content (AvgIpc) is 3.09. The molecule has 1 fully saturated rings. The Hall–Kier alpha value is -2.83. The summed E-state index contributed by atoms with van der Waals surface area (Å²) in [6.45, 7) is 7.40. The summed E-state index contributed by atoms with van der Waals surface area (Å²) in [6, 6.07) is 23.9. The summed E-state index contributed by atoms with van der Waals surface area (Å²) < 4.78 is 6.94. The van der Waals surface area contributed by atoms with Crippen molar-refractivity contribution in [1.29, 1.82) is 0 Å². The van der Waals surface area contributed by atoms with Crippen molar-refractivity contribution in [2.24, 2.45) is 10.9 Å². The molecule has 0 atom stereocenters. The molecule has 4 nitrogen and oxygen atoms in total. The highest BCUT2D eigenvalue weighted by molar-refractivity contribution is 9.10. The Bertz CT molecular complexity index is 1200. The lowest BCUT2D eigenvalue weighted by atomic mass is 10.2. The van der Waals surface area contributed by atoms with Gasteiger partial charge in [-0.05, 0) is 78.2 Å². The van der Waals surface area contributed by atoms with E-state index in [0.717, 1.165) is 32.2 Å². The zero-order valence-corrected chi connectivity index (χ0v) is 21.9. The summed E-state index contributed by atoms with van der Waals surface area (Å²) in [7, 11) is 0. The Labute approximate surface area is 213 Å². The van der Waals surface area contributed by atoms with Gasteiger partial charge >= 0.3 is 0 Å². The topological polar surface area (TPSA) is 41.9 Å². The second-order valence-electron chi connectivity index (χ2n) is 8.63. The summed E-state index contributed by atoms with van der Waals surface area (Å²) in [6.07, 6.45) is 1.93. The van der Waals surface area contributed by atoms with Crippen LogP contribution >= 0.6 is 27.7 Å². The quantitative estimate of drug-likeness (QED) is 0.293. The predicted molar refractivity (Wildman–Crippen MR) is 145 cm³/mol. The minimum atomic E-state index is 0.000117. The van der Waals surface area contributed by atoms with Crippen LogP contribution in [-0.4, -0.2) is 22.5 Å². The molecule has 174 valence electrons. The zero-order chi connectivity index (χ0) is 24.1. The van der Waals surface area contributed by atoms with Gasteiger partial charge in [0.15, 0.2) is 5.17 Å². The minimum Gasteiger partial charge on any atom is -0.489 e. The Morgan fingerprint density at radius 1 is 1.00 bits per heavy atom. The average molecular weight is 536 g/mol. The van der Waals surface area contributed by atoms with Gasteiger partial charge in [0.2, 0.25) is 0 Å². The van der Waals surface area contributed by atoms with Crippen LogP contribution in [0.4, 0.5) is 5.69 Å². The number of nitrogens with zero attached hydrogens (tertiary/aromatic N) is 2. The van der Waals surface area contributed by atoms with Crippen molar-refractivity contribution in [2.75, 3.05) is 6.54 Å². The summed E-state index contributed by atoms with van der Waals surface area (Å²) in [5, 5.41) is 0.725. The minimum absolute atomic E-state index is 0.000117. The standard InChI is InChI=1S/C28H27BrN2O2S/c1-19(2)17-31-27(32)26(34-28(31)30-24-12-4-20(3)5-13-24)16-21-8-14-25(15-9-21)33-18-22-6-10-23(29)11-7-22/h4-16,19H,17-18H2,1-3H3/b26-16+,30-28?. The van der Waals surface area contributed by atoms with Crippen LogP contribution in [0.2, 0.25) is 0 Å². The molecule has 0 spiro atoms. The first-order chi connectivity index (χ1) is 16.4. The zero-order valence-electron chi connectivity index (χ0n) is 19.5. The molecule has 1 aliphatic rings. The molecular formula is C28H27BrN2O2S. The van der Waals surface area contributed by atoms with Crippen molar-refractivity contribution in [3.63, 3.8) is 0 Å². The molecule has 1 saturated heterocycles. The van der Waals surface area contributed by atoms with Crippen molar-refractivity contribution in [1.82, 2.24) is 4.90 Å². The first-order valence-corrected chi connectivity index (χ1v) is 12.8. The van der Waals surface area contributed by atoms with E-state index < -0.39 is 0 Å². The van der Waals surface area contributed by atoms with E-state index in [-0.39, 0.29) is 5.91 Å². The van der Waals surface area contributed by atoms with Crippen LogP contribution in [0, 0.1) is 12.8 Å². The van der Waals surface area contributed by atoms with Gasteiger partial charge in [-0.2, -0.15) is 0 Å². The maximum atomic E-state index is 13.2. The number of hydrogen-bond donors (Lipinski definition) is 0. The van der Waals surface area contributed by atoms with Gasteiger partial charge < -0.3 is 4.74 Å². The van der Waals surface area contributed by atoms with Crippen LogP contribution in [-0.2, 0) is 11.4 Å². The molecular weight excluding hydrogens is 508 g/mol. The molecule has 0 aromatic heterocycles. The normalized spacial score (nSPS) is 16.1. The van der Waals surface area contributed by atoms with E-state index in [4.69, 9.17) is 9.73 Å². The van der Waals surface area contributed by atoms with Gasteiger partial charge in [-0.3, -0.25) is 9.69 Å². The highest BCUT2D eigenvalue weighted by atomic mass is 79.9. The van der Waals surface area contributed by atoms with Crippen molar-refractivity contribution >= 4 is 50.5 Å². The Balaban J connectivity index is 1.49. The smallest absolute Gasteiger partial charge is 0.266 e. The summed E-state index contributed by atoms with van der Waals surface area (Å²) in [5.74, 6) is 1.13. The molecule has 0 unspecified atom stereocenters. The maximum absolute atomic E-state index is 13.2. The first-order valence-electron chi connectivity index (χ1n) is 11.2. The van der Waals surface area contributed by atoms with Gasteiger partial charge in [0.05, 0.1) is 10.6 Å². The summed E-state index contributed by atoms with van der Waals surface area (Å²) in [4.78, 5) is 20.4. The van der Waals surface area contributed by atoms with E-state index >= 15 is 0 Å². The van der Waals surface area contributed by atoms with Gasteiger partial charge in [0.1, 0.15) is 12.4 Å². The number of ether oxygens (including phenoxy) is 1. The molecule has 34 heavy (non-hydrogen) atoms. The predicted octanol–water partition coefficient (Wildman–Crippen LogP) is 7.60. The van der Waals surface area contributed by atoms with E-state index in [1.165, 1.54) is 17.3 Å². The Morgan fingerprint density at radius 2 is 1.68 bits per heavy atom. The van der Waals surface area contributed by atoms with Crippen molar-refractivity contribution in [3.8, 4) is 5.75 Å². The number of aliphatic imine (C=N–C) groups is 1. The lowest BCUT2D eigenvalue weighted by Gasteiger charge is -2.17. The molecule has 1 amide bonds. The van der Waals surface area contributed by atoms with Crippen LogP contribution in [0.1, 0.15) is 30.5 Å². The molecule has 0 bridgehead atoms. The third-order valence-corrected chi connectivity index (χ3v) is 6.73. The molecule has 1 aliphatic heterocycles. The van der Waals surface area contributed by atoms with E-state index in [1.54, 1.807) is 4.90 Å². The van der Waals surface area contributed by atoms with Crippen LogP contribution in [0.25, 0.3) is 6.08 Å². The van der Waals surface area contributed by atoms with Gasteiger partial charge in [-0.25, -0.2) is 4.99 Å². The number of rotatable bonds is 7. The lowest BCUT2D eigenvalue weighted by Crippen LogP contribution is -2.32. The molecule has 0 N–H and O–H groups in total. The summed E-state index contributed by atoms with van der Waals surface area (Å²) in [5.41, 5.74) is 4.09. The van der Waals surface area contributed by atoms with Crippen LogP contribution in [0.3, 0.4) is 0 Å². The number of thioether (sulfide) groups is 1. The first kappa shape index (κ1) is 24.3. The fourth-order valence-electron chi connectivity index (χ4n) is 3.41. The van der Waals surface area contributed by atoms with E-state index in [0.29, 0.717) is 24.0 Å². The Kier molecular flexibility index (Phi) is 7.91. The SMILES string of the molecule is Cc1ccc(N=C2S/C(=C/c3ccc(OCc4ccc(Br)cc4)cc3)C(=O)N2CC(C)C)cc1. The van der Waals surface area contributed by atoms with Crippen molar-refractivity contribution < 1.29 is 9.53 Å². The molecule has 6 heteroatoms. The van der Waals surface area contributed by atoms with Gasteiger partial charge in [0, 0.05) is 11.0 Å². The second-order valence-corrected chi connectivity index (χ2v) is 10.6. The molecule has 1 heterocycles. The van der Waals surface area contributed by atoms with E-state index in [9.17, 15) is 4.79 Å². The largest absolute Gasteiger partial charge is 0.489 e. The number of aryl methyl sites for hydroxylation is 1. The van der Waals surface area contributed by atoms with Gasteiger partial charge in [-0.15, -0.1) is 0 Å². The highest BCUT2D eigenvalue weighted by Crippen LogP contribution is 2.35. The van der Waals surface area contributed by atoms with Crippen LogP contribution in [0.15, 0.2) is 87.2 Å². The third-order valence-electron chi connectivity index (χ3n) is 5.19. The molecule has 0 saturated carbocycles. The van der Waals surface area contributed by atoms with Crippen LogP contribution in [0.5, 0.6) is 5.75 Å². The van der Waals surface area contributed by atoms with E-state index in [2.05, 4.69) is 29.8 Å². The molecule has 4 rings (SSSR count). The Morgan fingerprint density at radius 3 is 2.32 bits per heavy atom. The fourth-order valence-corrected chi connectivity index (χ4v) is 4.68. The number of benzene rings is 3.